The second-order valence-corrected chi connectivity index (χ2v) is 5.31. The van der Waals surface area contributed by atoms with Gasteiger partial charge in [0.15, 0.2) is 0 Å². The van der Waals surface area contributed by atoms with E-state index in [1.807, 2.05) is 0 Å². The van der Waals surface area contributed by atoms with Gasteiger partial charge in [0.2, 0.25) is 0 Å². The van der Waals surface area contributed by atoms with Crippen LogP contribution in [0.25, 0.3) is 0 Å². The molecule has 1 aliphatic carbocycles. The van der Waals surface area contributed by atoms with Crippen LogP contribution in [0.5, 0.6) is 5.75 Å². The normalized spacial score (nSPS) is 26.6. The van der Waals surface area contributed by atoms with E-state index in [0.29, 0.717) is 5.75 Å². The molecule has 1 saturated carbocycles. The van der Waals surface area contributed by atoms with Gasteiger partial charge in [-0.1, -0.05) is 13.0 Å². The van der Waals surface area contributed by atoms with E-state index in [4.69, 9.17) is 4.74 Å². The molecule has 0 spiro atoms. The highest BCUT2D eigenvalue weighted by molar-refractivity contribution is 5.23. The molecule has 0 aromatic heterocycles. The molecule has 0 saturated heterocycles. The summed E-state index contributed by atoms with van der Waals surface area (Å²) >= 11 is 0. The van der Waals surface area contributed by atoms with E-state index < -0.39 is 0 Å². The zero-order valence-corrected chi connectivity index (χ0v) is 11.4. The predicted octanol–water partition coefficient (Wildman–Crippen LogP) is 2.49. The van der Waals surface area contributed by atoms with Gasteiger partial charge in [0, 0.05) is 18.0 Å². The number of ether oxygens (including phenoxy) is 1. The lowest BCUT2D eigenvalue weighted by Gasteiger charge is -2.28. The molecule has 1 aromatic rings. The third-order valence-electron chi connectivity index (χ3n) is 3.71. The molecule has 1 fully saturated rings. The minimum absolute atomic E-state index is 0.0401. The first-order valence-corrected chi connectivity index (χ1v) is 6.95. The first-order valence-electron chi connectivity index (χ1n) is 6.95. The number of hydrogen-bond acceptors (Lipinski definition) is 3. The molecule has 1 aromatic carbocycles. The van der Waals surface area contributed by atoms with E-state index in [-0.39, 0.29) is 24.1 Å². The Labute approximate surface area is 113 Å². The van der Waals surface area contributed by atoms with Gasteiger partial charge < -0.3 is 15.2 Å². The Morgan fingerprint density at radius 2 is 2.37 bits per heavy atom. The molecule has 106 valence electrons. The zero-order chi connectivity index (χ0) is 13.7. The molecule has 3 nitrogen and oxygen atoms in total. The number of benzene rings is 1. The van der Waals surface area contributed by atoms with Crippen LogP contribution in [0.15, 0.2) is 24.3 Å². The molecule has 19 heavy (non-hydrogen) atoms. The average Bonchev–Trinajstić information content (AvgIpc) is 2.80. The molecule has 0 amide bonds. The summed E-state index contributed by atoms with van der Waals surface area (Å²) in [6, 6.07) is 6.22. The van der Waals surface area contributed by atoms with Gasteiger partial charge in [-0.25, -0.2) is 4.39 Å². The topological polar surface area (TPSA) is 41.5 Å². The highest BCUT2D eigenvalue weighted by atomic mass is 19.1. The molecule has 0 radical (unpaired) electrons. The van der Waals surface area contributed by atoms with Crippen LogP contribution in [-0.2, 0) is 0 Å². The monoisotopic (exact) mass is 267 g/mol. The highest BCUT2D eigenvalue weighted by Gasteiger charge is 2.39. The number of aliphatic hydroxyl groups excluding tert-OH is 1. The van der Waals surface area contributed by atoms with Crippen molar-refractivity contribution >= 4 is 0 Å². The molecule has 2 unspecified atom stereocenters. The molecule has 2 N–H and O–H groups in total. The average molecular weight is 267 g/mol. The quantitative estimate of drug-likeness (QED) is 0.832. The van der Waals surface area contributed by atoms with Crippen molar-refractivity contribution in [3.8, 4) is 5.75 Å². The third kappa shape index (κ3) is 3.67. The van der Waals surface area contributed by atoms with Gasteiger partial charge >= 0.3 is 0 Å². The van der Waals surface area contributed by atoms with Crippen molar-refractivity contribution in [2.75, 3.05) is 13.2 Å². The van der Waals surface area contributed by atoms with Crippen molar-refractivity contribution < 1.29 is 14.2 Å². The summed E-state index contributed by atoms with van der Waals surface area (Å²) in [7, 11) is 0. The van der Waals surface area contributed by atoms with Gasteiger partial charge in [-0.15, -0.1) is 0 Å². The minimum Gasteiger partial charge on any atom is -0.490 e. The molecule has 2 atom stereocenters. The maximum absolute atomic E-state index is 13.1. The lowest BCUT2D eigenvalue weighted by atomic mass is 9.98. The van der Waals surface area contributed by atoms with Gasteiger partial charge in [-0.05, 0) is 37.9 Å². The Bertz CT molecular complexity index is 413. The third-order valence-corrected chi connectivity index (χ3v) is 3.71. The summed E-state index contributed by atoms with van der Waals surface area (Å²) in [5.41, 5.74) is -0.228. The van der Waals surface area contributed by atoms with E-state index in [9.17, 15) is 9.50 Å². The summed E-state index contributed by atoms with van der Waals surface area (Å²) in [4.78, 5) is 0. The molecule has 0 aliphatic heterocycles. The van der Waals surface area contributed by atoms with Gasteiger partial charge in [0.05, 0.1) is 6.61 Å². The Kier molecular flexibility index (Phi) is 4.77. The van der Waals surface area contributed by atoms with Gasteiger partial charge in [0.1, 0.15) is 17.7 Å². The Morgan fingerprint density at radius 3 is 3.05 bits per heavy atom. The van der Waals surface area contributed by atoms with Crippen LogP contribution in [0, 0.1) is 5.82 Å². The first-order chi connectivity index (χ1) is 9.17. The lowest BCUT2D eigenvalue weighted by molar-refractivity contribution is 0.140. The predicted molar refractivity (Wildman–Crippen MR) is 72.8 cm³/mol. The molecule has 0 heterocycles. The second-order valence-electron chi connectivity index (χ2n) is 5.31. The van der Waals surface area contributed by atoms with Gasteiger partial charge in [-0.2, -0.15) is 0 Å². The number of nitrogens with one attached hydrogen (secondary N) is 1. The number of aliphatic hydroxyl groups is 1. The largest absolute Gasteiger partial charge is 0.490 e. The summed E-state index contributed by atoms with van der Waals surface area (Å²) in [6.45, 7) is 3.12. The first kappa shape index (κ1) is 14.3. The fourth-order valence-corrected chi connectivity index (χ4v) is 2.66. The fraction of sp³-hybridized carbons (Fsp3) is 0.600. The van der Waals surface area contributed by atoms with Crippen LogP contribution < -0.4 is 10.1 Å². The number of halogens is 1. The summed E-state index contributed by atoms with van der Waals surface area (Å²) < 4.78 is 18.9. The Balaban J connectivity index is 1.93. The van der Waals surface area contributed by atoms with Crippen molar-refractivity contribution in [1.82, 2.24) is 5.32 Å². The van der Waals surface area contributed by atoms with Crippen molar-refractivity contribution in [2.45, 2.75) is 44.2 Å². The number of hydrogen-bond donors (Lipinski definition) is 2. The molecule has 1 aliphatic rings. The maximum atomic E-state index is 13.1. The summed E-state index contributed by atoms with van der Waals surface area (Å²) in [5, 5.41) is 13.0. The smallest absolute Gasteiger partial charge is 0.126 e. The van der Waals surface area contributed by atoms with Gasteiger partial charge in [-0.3, -0.25) is 0 Å². The minimum atomic E-state index is -0.284. The van der Waals surface area contributed by atoms with Crippen molar-refractivity contribution in [3.63, 3.8) is 0 Å². The van der Waals surface area contributed by atoms with Crippen LogP contribution in [0.1, 0.15) is 32.6 Å². The van der Waals surface area contributed by atoms with Gasteiger partial charge in [0.25, 0.3) is 0 Å². The molecular weight excluding hydrogens is 245 g/mol. The lowest BCUT2D eigenvalue weighted by Crippen LogP contribution is -2.47. The van der Waals surface area contributed by atoms with Crippen molar-refractivity contribution in [1.29, 1.82) is 0 Å². The van der Waals surface area contributed by atoms with Crippen molar-refractivity contribution in [3.05, 3.63) is 30.1 Å². The SMILES string of the molecule is CCCNC1(CO)CCC(Oc2cccc(F)c2)C1. The number of rotatable bonds is 6. The molecular formula is C15H22FNO2. The van der Waals surface area contributed by atoms with E-state index >= 15 is 0 Å². The van der Waals surface area contributed by atoms with E-state index in [1.165, 1.54) is 12.1 Å². The summed E-state index contributed by atoms with van der Waals surface area (Å²) in [6.07, 6.45) is 3.62. The Morgan fingerprint density at radius 1 is 1.53 bits per heavy atom. The van der Waals surface area contributed by atoms with Crippen LogP contribution in [-0.4, -0.2) is 29.9 Å². The second kappa shape index (κ2) is 6.35. The standard InChI is InChI=1S/C15H22FNO2/c1-2-8-17-15(11-18)7-6-14(10-15)19-13-5-3-4-12(16)9-13/h3-5,9,14,17-18H,2,6-8,10-11H2,1H3. The maximum Gasteiger partial charge on any atom is 0.126 e. The van der Waals surface area contributed by atoms with Crippen LogP contribution >= 0.6 is 0 Å². The van der Waals surface area contributed by atoms with Crippen LogP contribution in [0.4, 0.5) is 4.39 Å². The summed E-state index contributed by atoms with van der Waals surface area (Å²) in [5.74, 6) is 0.280. The van der Waals surface area contributed by atoms with E-state index in [2.05, 4.69) is 12.2 Å². The molecule has 4 heteroatoms. The van der Waals surface area contributed by atoms with Crippen LogP contribution in [0.2, 0.25) is 0 Å². The van der Waals surface area contributed by atoms with E-state index in [0.717, 1.165) is 32.2 Å². The van der Waals surface area contributed by atoms with Crippen molar-refractivity contribution in [2.24, 2.45) is 0 Å². The Hall–Kier alpha value is -1.13. The highest BCUT2D eigenvalue weighted by Crippen LogP contribution is 2.32. The van der Waals surface area contributed by atoms with E-state index in [1.54, 1.807) is 12.1 Å². The van der Waals surface area contributed by atoms with Crippen LogP contribution in [0.3, 0.4) is 0 Å². The fourth-order valence-electron chi connectivity index (χ4n) is 2.66. The molecule has 2 rings (SSSR count). The molecule has 0 bridgehead atoms. The zero-order valence-electron chi connectivity index (χ0n) is 11.4.